The van der Waals surface area contributed by atoms with Gasteiger partial charge in [0.05, 0.1) is 22.0 Å². The topological polar surface area (TPSA) is 32.3 Å². The van der Waals surface area contributed by atoms with Gasteiger partial charge in [-0.3, -0.25) is 4.79 Å². The Labute approximate surface area is 141 Å². The highest BCUT2D eigenvalue weighted by Gasteiger charge is 2.35. The molecule has 0 radical (unpaired) electrons. The Bertz CT molecular complexity index is 518. The smallest absolute Gasteiger partial charge is 0.227 e. The normalized spacial score (nSPS) is 25.0. The molecular weight excluding hydrogens is 331 g/mol. The van der Waals surface area contributed by atoms with Gasteiger partial charge in [-0.25, -0.2) is 0 Å². The van der Waals surface area contributed by atoms with Gasteiger partial charge in [0.1, 0.15) is 0 Å². The predicted octanol–water partition coefficient (Wildman–Crippen LogP) is 3.69. The maximum Gasteiger partial charge on any atom is 0.227 e. The number of hydrogen-bond acceptors (Lipinski definition) is 2. The van der Waals surface area contributed by atoms with Crippen molar-refractivity contribution in [2.45, 2.75) is 25.3 Å². The number of likely N-dealkylation sites (tertiary alicyclic amines) is 1. The number of hydrogen-bond donors (Lipinski definition) is 1. The van der Waals surface area contributed by atoms with Gasteiger partial charge in [-0.15, -0.1) is 12.4 Å². The largest absolute Gasteiger partial charge is 0.335 e. The predicted molar refractivity (Wildman–Crippen MR) is 88.4 cm³/mol. The summed E-state index contributed by atoms with van der Waals surface area (Å²) in [5.41, 5.74) is 1.09. The summed E-state index contributed by atoms with van der Waals surface area (Å²) in [6.45, 7) is 2.60. The van der Waals surface area contributed by atoms with Crippen molar-refractivity contribution in [2.75, 3.05) is 19.6 Å². The fourth-order valence-corrected chi connectivity index (χ4v) is 3.50. The molecule has 0 spiro atoms. The molecule has 2 unspecified atom stereocenters. The Morgan fingerprint density at radius 2 is 2.05 bits per heavy atom. The quantitative estimate of drug-likeness (QED) is 0.883. The van der Waals surface area contributed by atoms with E-state index in [0.717, 1.165) is 44.5 Å². The molecule has 2 aliphatic rings. The number of carbonyl (C=O) groups is 1. The maximum atomic E-state index is 12.6. The van der Waals surface area contributed by atoms with Crippen molar-refractivity contribution in [3.05, 3.63) is 33.8 Å². The average Bonchev–Trinajstić information content (AvgIpc) is 3.11. The number of carbonyl (C=O) groups excluding carboxylic acids is 1. The van der Waals surface area contributed by atoms with E-state index in [0.29, 0.717) is 10.0 Å². The number of rotatable bonds is 2. The molecule has 2 saturated heterocycles. The molecule has 116 valence electrons. The highest BCUT2D eigenvalue weighted by Crippen LogP contribution is 2.36. The lowest BCUT2D eigenvalue weighted by atomic mass is 10.0. The van der Waals surface area contributed by atoms with Crippen LogP contribution in [-0.2, 0) is 4.79 Å². The van der Waals surface area contributed by atoms with Gasteiger partial charge in [0.15, 0.2) is 0 Å². The van der Waals surface area contributed by atoms with Gasteiger partial charge in [0.25, 0.3) is 0 Å². The van der Waals surface area contributed by atoms with E-state index in [1.165, 1.54) is 0 Å². The fourth-order valence-electron chi connectivity index (χ4n) is 3.20. The van der Waals surface area contributed by atoms with Crippen LogP contribution < -0.4 is 5.32 Å². The highest BCUT2D eigenvalue weighted by molar-refractivity contribution is 6.42. The molecule has 21 heavy (non-hydrogen) atoms. The number of amides is 1. The second kappa shape index (κ2) is 7.19. The lowest BCUT2D eigenvalue weighted by Gasteiger charge is -2.27. The first-order chi connectivity index (χ1) is 9.66. The van der Waals surface area contributed by atoms with Gasteiger partial charge in [0, 0.05) is 13.1 Å². The van der Waals surface area contributed by atoms with E-state index in [9.17, 15) is 4.79 Å². The van der Waals surface area contributed by atoms with Crippen LogP contribution in [0.2, 0.25) is 10.0 Å². The molecule has 3 nitrogen and oxygen atoms in total. The van der Waals surface area contributed by atoms with Gasteiger partial charge in [-0.05, 0) is 43.5 Å². The summed E-state index contributed by atoms with van der Waals surface area (Å²) in [6, 6.07) is 5.85. The zero-order chi connectivity index (χ0) is 14.1. The van der Waals surface area contributed by atoms with Crippen LogP contribution in [0.4, 0.5) is 0 Å². The summed E-state index contributed by atoms with van der Waals surface area (Å²) in [7, 11) is 0. The summed E-state index contributed by atoms with van der Waals surface area (Å²) < 4.78 is 0. The zero-order valence-corrected chi connectivity index (χ0v) is 14.0. The third-order valence-corrected chi connectivity index (χ3v) is 5.01. The first kappa shape index (κ1) is 16.9. The molecule has 2 aliphatic heterocycles. The minimum atomic E-state index is 0. The molecule has 6 heteroatoms. The number of halogens is 3. The van der Waals surface area contributed by atoms with Crippen molar-refractivity contribution in [3.8, 4) is 0 Å². The van der Waals surface area contributed by atoms with E-state index in [4.69, 9.17) is 23.2 Å². The molecule has 3 rings (SSSR count). The van der Waals surface area contributed by atoms with Gasteiger partial charge < -0.3 is 10.2 Å². The third-order valence-electron chi connectivity index (χ3n) is 4.27. The molecule has 2 fully saturated rings. The SMILES string of the molecule is Cl.O=C(C1CCNC1)N1CCCC1c1ccc(Cl)c(Cl)c1. The second-order valence-corrected chi connectivity index (χ2v) is 6.37. The first-order valence-electron chi connectivity index (χ1n) is 7.13. The van der Waals surface area contributed by atoms with E-state index in [1.807, 2.05) is 23.1 Å². The Morgan fingerprint density at radius 3 is 2.71 bits per heavy atom. The van der Waals surface area contributed by atoms with Crippen molar-refractivity contribution in [3.63, 3.8) is 0 Å². The van der Waals surface area contributed by atoms with Crippen molar-refractivity contribution in [2.24, 2.45) is 5.92 Å². The lowest BCUT2D eigenvalue weighted by Crippen LogP contribution is -2.36. The van der Waals surface area contributed by atoms with Crippen molar-refractivity contribution >= 4 is 41.5 Å². The zero-order valence-electron chi connectivity index (χ0n) is 11.6. The highest BCUT2D eigenvalue weighted by atomic mass is 35.5. The molecule has 0 saturated carbocycles. The molecule has 0 aromatic heterocycles. The maximum absolute atomic E-state index is 12.6. The summed E-state index contributed by atoms with van der Waals surface area (Å²) in [5, 5.41) is 4.38. The van der Waals surface area contributed by atoms with E-state index in [1.54, 1.807) is 0 Å². The standard InChI is InChI=1S/C15H18Cl2N2O.ClH/c16-12-4-3-10(8-13(12)17)14-2-1-7-19(14)15(20)11-5-6-18-9-11;/h3-4,8,11,14,18H,1-2,5-7,9H2;1H. The molecule has 2 heterocycles. The summed E-state index contributed by atoms with van der Waals surface area (Å²) in [4.78, 5) is 14.6. The molecule has 1 N–H and O–H groups in total. The Balaban J connectivity index is 0.00000161. The average molecular weight is 350 g/mol. The van der Waals surface area contributed by atoms with Crippen LogP contribution in [0.15, 0.2) is 18.2 Å². The van der Waals surface area contributed by atoms with Gasteiger partial charge in [0.2, 0.25) is 5.91 Å². The van der Waals surface area contributed by atoms with E-state index in [2.05, 4.69) is 5.32 Å². The Morgan fingerprint density at radius 1 is 1.24 bits per heavy atom. The molecule has 2 atom stereocenters. The summed E-state index contributed by atoms with van der Waals surface area (Å²) in [6.07, 6.45) is 3.00. The summed E-state index contributed by atoms with van der Waals surface area (Å²) >= 11 is 12.1. The number of nitrogens with one attached hydrogen (secondary N) is 1. The van der Waals surface area contributed by atoms with Crippen LogP contribution in [0.1, 0.15) is 30.9 Å². The van der Waals surface area contributed by atoms with Crippen molar-refractivity contribution < 1.29 is 4.79 Å². The van der Waals surface area contributed by atoms with Gasteiger partial charge >= 0.3 is 0 Å². The van der Waals surface area contributed by atoms with Gasteiger partial charge in [-0.2, -0.15) is 0 Å². The first-order valence-corrected chi connectivity index (χ1v) is 7.88. The van der Waals surface area contributed by atoms with E-state index < -0.39 is 0 Å². The molecule has 1 aromatic carbocycles. The van der Waals surface area contributed by atoms with Crippen LogP contribution in [0.25, 0.3) is 0 Å². The molecule has 0 aliphatic carbocycles. The fraction of sp³-hybridized carbons (Fsp3) is 0.533. The third kappa shape index (κ3) is 3.48. The van der Waals surface area contributed by atoms with Crippen LogP contribution in [0.3, 0.4) is 0 Å². The Kier molecular flexibility index (Phi) is 5.78. The number of benzene rings is 1. The van der Waals surface area contributed by atoms with Crippen LogP contribution >= 0.6 is 35.6 Å². The minimum absolute atomic E-state index is 0. The molecule has 1 aromatic rings. The summed E-state index contributed by atoms with van der Waals surface area (Å²) in [5.74, 6) is 0.418. The van der Waals surface area contributed by atoms with Crippen LogP contribution in [0.5, 0.6) is 0 Å². The van der Waals surface area contributed by atoms with Gasteiger partial charge in [-0.1, -0.05) is 29.3 Å². The van der Waals surface area contributed by atoms with Crippen molar-refractivity contribution in [1.82, 2.24) is 10.2 Å². The Hall–Kier alpha value is -0.480. The number of nitrogens with zero attached hydrogens (tertiary/aromatic N) is 1. The molecule has 0 bridgehead atoms. The van der Waals surface area contributed by atoms with E-state index >= 15 is 0 Å². The molecule has 1 amide bonds. The van der Waals surface area contributed by atoms with E-state index in [-0.39, 0.29) is 30.3 Å². The second-order valence-electron chi connectivity index (χ2n) is 5.55. The van der Waals surface area contributed by atoms with Crippen molar-refractivity contribution in [1.29, 1.82) is 0 Å². The van der Waals surface area contributed by atoms with Crippen LogP contribution in [-0.4, -0.2) is 30.4 Å². The lowest BCUT2D eigenvalue weighted by molar-refractivity contribution is -0.135. The monoisotopic (exact) mass is 348 g/mol. The molecular formula is C15H19Cl3N2O. The minimum Gasteiger partial charge on any atom is -0.335 e. The van der Waals surface area contributed by atoms with Crippen LogP contribution in [0, 0.1) is 5.92 Å².